The van der Waals surface area contributed by atoms with Crippen molar-refractivity contribution in [2.45, 2.75) is 19.9 Å². The molecule has 0 bridgehead atoms. The lowest BCUT2D eigenvalue weighted by molar-refractivity contribution is -0.117. The third-order valence-corrected chi connectivity index (χ3v) is 3.63. The van der Waals surface area contributed by atoms with E-state index in [1.807, 2.05) is 6.92 Å². The largest absolute Gasteiger partial charge is 0.488 e. The van der Waals surface area contributed by atoms with Crippen molar-refractivity contribution in [3.05, 3.63) is 52.2 Å². The molecule has 1 unspecified atom stereocenters. The number of thiazole rings is 1. The first kappa shape index (κ1) is 16.2. The molecule has 6 heteroatoms. The van der Waals surface area contributed by atoms with Crippen LogP contribution >= 0.6 is 11.3 Å². The molecular formula is C16H17FN2O2S. The van der Waals surface area contributed by atoms with Crippen molar-refractivity contribution >= 4 is 23.3 Å². The number of hydrogen-bond donors (Lipinski definition) is 1. The van der Waals surface area contributed by atoms with E-state index in [-0.39, 0.29) is 24.3 Å². The summed E-state index contributed by atoms with van der Waals surface area (Å²) < 4.78 is 18.7. The van der Waals surface area contributed by atoms with Crippen LogP contribution in [-0.4, -0.2) is 23.5 Å². The molecule has 0 saturated carbocycles. The summed E-state index contributed by atoms with van der Waals surface area (Å²) in [6.45, 7) is 3.90. The average Bonchev–Trinajstić information content (AvgIpc) is 2.90. The summed E-state index contributed by atoms with van der Waals surface area (Å²) in [5.74, 6) is -0.462. The van der Waals surface area contributed by atoms with Crippen molar-refractivity contribution in [3.8, 4) is 5.75 Å². The number of benzene rings is 1. The Labute approximate surface area is 132 Å². The Balaban J connectivity index is 1.79. The minimum absolute atomic E-state index is 0.180. The van der Waals surface area contributed by atoms with Gasteiger partial charge in [0, 0.05) is 17.2 Å². The van der Waals surface area contributed by atoms with Crippen LogP contribution in [0.4, 0.5) is 4.39 Å². The molecule has 0 saturated heterocycles. The lowest BCUT2D eigenvalue weighted by Crippen LogP contribution is -2.35. The Bertz CT molecular complexity index is 670. The van der Waals surface area contributed by atoms with Gasteiger partial charge in [-0.2, -0.15) is 0 Å². The van der Waals surface area contributed by atoms with Gasteiger partial charge in [0.1, 0.15) is 6.61 Å². The Morgan fingerprint density at radius 3 is 2.95 bits per heavy atom. The molecule has 4 nitrogen and oxygen atoms in total. The summed E-state index contributed by atoms with van der Waals surface area (Å²) in [5.41, 5.74) is 0. The highest BCUT2D eigenvalue weighted by Gasteiger charge is 2.08. The topological polar surface area (TPSA) is 51.2 Å². The second-order valence-corrected chi connectivity index (χ2v) is 6.03. The quantitative estimate of drug-likeness (QED) is 0.832. The lowest BCUT2D eigenvalue weighted by atomic mass is 10.3. The SMILES string of the molecule is Cc1ncc(C=CC(=O)NC(C)COc2ccccc2F)s1. The van der Waals surface area contributed by atoms with Crippen molar-refractivity contribution in [2.24, 2.45) is 0 Å². The minimum Gasteiger partial charge on any atom is -0.488 e. The number of halogens is 1. The third-order valence-electron chi connectivity index (χ3n) is 2.75. The molecule has 22 heavy (non-hydrogen) atoms. The number of hydrogen-bond acceptors (Lipinski definition) is 4. The van der Waals surface area contributed by atoms with Gasteiger partial charge in [-0.3, -0.25) is 4.79 Å². The summed E-state index contributed by atoms with van der Waals surface area (Å²) in [6, 6.07) is 5.94. The first-order valence-electron chi connectivity index (χ1n) is 6.83. The lowest BCUT2D eigenvalue weighted by Gasteiger charge is -2.14. The molecule has 1 heterocycles. The van der Waals surface area contributed by atoms with Crippen LogP contribution in [0, 0.1) is 12.7 Å². The molecule has 0 radical (unpaired) electrons. The van der Waals surface area contributed by atoms with Crippen LogP contribution in [0.1, 0.15) is 16.8 Å². The number of rotatable bonds is 6. The molecular weight excluding hydrogens is 303 g/mol. The number of para-hydroxylation sites is 1. The molecule has 0 aliphatic carbocycles. The number of nitrogens with one attached hydrogen (secondary N) is 1. The molecule has 1 atom stereocenters. The molecule has 1 amide bonds. The van der Waals surface area contributed by atoms with Gasteiger partial charge in [-0.15, -0.1) is 11.3 Å². The molecule has 1 N–H and O–H groups in total. The molecule has 1 aromatic carbocycles. The fourth-order valence-corrected chi connectivity index (χ4v) is 2.41. The van der Waals surface area contributed by atoms with E-state index in [9.17, 15) is 9.18 Å². The summed E-state index contributed by atoms with van der Waals surface area (Å²) in [5, 5.41) is 3.71. The second kappa shape index (κ2) is 7.70. The Morgan fingerprint density at radius 1 is 1.50 bits per heavy atom. The second-order valence-electron chi connectivity index (χ2n) is 4.77. The number of amides is 1. The van der Waals surface area contributed by atoms with Crippen LogP contribution in [0.3, 0.4) is 0 Å². The van der Waals surface area contributed by atoms with E-state index < -0.39 is 5.82 Å². The summed E-state index contributed by atoms with van der Waals surface area (Å²) in [6.07, 6.45) is 4.88. The first-order valence-corrected chi connectivity index (χ1v) is 7.64. The summed E-state index contributed by atoms with van der Waals surface area (Å²) in [4.78, 5) is 16.8. The van der Waals surface area contributed by atoms with Gasteiger partial charge in [0.2, 0.25) is 5.91 Å². The molecule has 2 rings (SSSR count). The summed E-state index contributed by atoms with van der Waals surface area (Å²) >= 11 is 1.51. The van der Waals surface area contributed by atoms with Gasteiger partial charge < -0.3 is 10.1 Å². The van der Waals surface area contributed by atoms with Crippen LogP contribution in [0.2, 0.25) is 0 Å². The normalized spacial score (nSPS) is 12.3. The smallest absolute Gasteiger partial charge is 0.244 e. The number of aromatic nitrogens is 1. The predicted octanol–water partition coefficient (Wildman–Crippen LogP) is 3.19. The number of nitrogens with zero attached hydrogens (tertiary/aromatic N) is 1. The van der Waals surface area contributed by atoms with Crippen molar-refractivity contribution in [2.75, 3.05) is 6.61 Å². The van der Waals surface area contributed by atoms with E-state index in [1.54, 1.807) is 37.4 Å². The third kappa shape index (κ3) is 4.96. The van der Waals surface area contributed by atoms with Gasteiger partial charge in [0.15, 0.2) is 11.6 Å². The monoisotopic (exact) mass is 320 g/mol. The van der Waals surface area contributed by atoms with Crippen molar-refractivity contribution in [3.63, 3.8) is 0 Å². The van der Waals surface area contributed by atoms with E-state index >= 15 is 0 Å². The Kier molecular flexibility index (Phi) is 5.66. The van der Waals surface area contributed by atoms with Crippen LogP contribution < -0.4 is 10.1 Å². The molecule has 0 aliphatic rings. The van der Waals surface area contributed by atoms with Gasteiger partial charge in [0.05, 0.1) is 11.0 Å². The molecule has 116 valence electrons. The maximum absolute atomic E-state index is 13.4. The van der Waals surface area contributed by atoms with Gasteiger partial charge in [0.25, 0.3) is 0 Å². The molecule has 0 spiro atoms. The van der Waals surface area contributed by atoms with Crippen molar-refractivity contribution < 1.29 is 13.9 Å². The van der Waals surface area contributed by atoms with Crippen LogP contribution in [-0.2, 0) is 4.79 Å². The standard InChI is InChI=1S/C16H17FN2O2S/c1-11(10-21-15-6-4-3-5-14(15)17)19-16(20)8-7-13-9-18-12(2)22-13/h3-9,11H,10H2,1-2H3,(H,19,20). The van der Waals surface area contributed by atoms with Crippen molar-refractivity contribution in [1.82, 2.24) is 10.3 Å². The van der Waals surface area contributed by atoms with E-state index in [1.165, 1.54) is 23.5 Å². The van der Waals surface area contributed by atoms with E-state index in [0.29, 0.717) is 0 Å². The minimum atomic E-state index is -0.415. The molecule has 1 aromatic heterocycles. The maximum Gasteiger partial charge on any atom is 0.244 e. The van der Waals surface area contributed by atoms with E-state index in [2.05, 4.69) is 10.3 Å². The highest BCUT2D eigenvalue weighted by molar-refractivity contribution is 7.12. The zero-order valence-electron chi connectivity index (χ0n) is 12.4. The van der Waals surface area contributed by atoms with E-state index in [4.69, 9.17) is 4.74 Å². The highest BCUT2D eigenvalue weighted by atomic mass is 32.1. The summed E-state index contributed by atoms with van der Waals surface area (Å²) in [7, 11) is 0. The molecule has 0 fully saturated rings. The molecule has 2 aromatic rings. The molecule has 0 aliphatic heterocycles. The zero-order valence-corrected chi connectivity index (χ0v) is 13.2. The van der Waals surface area contributed by atoms with Gasteiger partial charge in [-0.1, -0.05) is 12.1 Å². The number of aryl methyl sites for hydroxylation is 1. The number of carbonyl (C=O) groups excluding carboxylic acids is 1. The first-order chi connectivity index (χ1) is 10.5. The van der Waals surface area contributed by atoms with Crippen LogP contribution in [0.5, 0.6) is 5.75 Å². The van der Waals surface area contributed by atoms with Crippen molar-refractivity contribution in [1.29, 1.82) is 0 Å². The Hall–Kier alpha value is -2.21. The Morgan fingerprint density at radius 2 is 2.27 bits per heavy atom. The maximum atomic E-state index is 13.4. The predicted molar refractivity (Wildman–Crippen MR) is 85.4 cm³/mol. The van der Waals surface area contributed by atoms with Crippen LogP contribution in [0.15, 0.2) is 36.5 Å². The highest BCUT2D eigenvalue weighted by Crippen LogP contribution is 2.15. The average molecular weight is 320 g/mol. The van der Waals surface area contributed by atoms with E-state index in [0.717, 1.165) is 9.88 Å². The fourth-order valence-electron chi connectivity index (χ4n) is 1.72. The number of carbonyl (C=O) groups is 1. The van der Waals surface area contributed by atoms with Gasteiger partial charge >= 0.3 is 0 Å². The van der Waals surface area contributed by atoms with Gasteiger partial charge in [-0.25, -0.2) is 9.37 Å². The fraction of sp³-hybridized carbons (Fsp3) is 0.250. The number of ether oxygens (including phenoxy) is 1. The van der Waals surface area contributed by atoms with Crippen LogP contribution in [0.25, 0.3) is 6.08 Å². The zero-order chi connectivity index (χ0) is 15.9. The van der Waals surface area contributed by atoms with Gasteiger partial charge in [-0.05, 0) is 32.1 Å².